The van der Waals surface area contributed by atoms with E-state index in [1.54, 1.807) is 0 Å². The monoisotopic (exact) mass is 260 g/mol. The van der Waals surface area contributed by atoms with Crippen molar-refractivity contribution in [3.63, 3.8) is 0 Å². The summed E-state index contributed by atoms with van der Waals surface area (Å²) in [4.78, 5) is 4.73. The van der Waals surface area contributed by atoms with Crippen LogP contribution in [0.15, 0.2) is 35.3 Å². The van der Waals surface area contributed by atoms with Crippen molar-refractivity contribution in [1.29, 1.82) is 0 Å². The molecular weight excluding hydrogens is 236 g/mol. The minimum absolute atomic E-state index is 0.0624. The molecule has 3 heteroatoms. The van der Waals surface area contributed by atoms with Gasteiger partial charge in [-0.25, -0.2) is 0 Å². The topological polar surface area (TPSA) is 33.6 Å². The number of hydrogen-bond acceptors (Lipinski definition) is 3. The van der Waals surface area contributed by atoms with Gasteiger partial charge in [0.2, 0.25) is 0 Å². The first-order valence-corrected chi connectivity index (χ1v) is 7.13. The van der Waals surface area contributed by atoms with Crippen LogP contribution in [0.25, 0.3) is 0 Å². The Kier molecular flexibility index (Phi) is 4.59. The highest BCUT2D eigenvalue weighted by Gasteiger charge is 2.29. The number of rotatable bonds is 5. The molecule has 0 spiro atoms. The van der Waals surface area contributed by atoms with Gasteiger partial charge in [0, 0.05) is 25.1 Å². The molecule has 0 aromatic heterocycles. The smallest absolute Gasteiger partial charge is 0.139 e. The number of ether oxygens (including phenoxy) is 1. The summed E-state index contributed by atoms with van der Waals surface area (Å²) < 4.78 is 5.88. The van der Waals surface area contributed by atoms with Crippen LogP contribution in [0.4, 0.5) is 0 Å². The van der Waals surface area contributed by atoms with Gasteiger partial charge in [-0.3, -0.25) is 4.99 Å². The fraction of sp³-hybridized carbons (Fsp3) is 0.562. The average Bonchev–Trinajstić information content (AvgIpc) is 2.47. The third-order valence-electron chi connectivity index (χ3n) is 3.86. The van der Waals surface area contributed by atoms with Gasteiger partial charge in [0.15, 0.2) is 0 Å². The van der Waals surface area contributed by atoms with Crippen LogP contribution in [0, 0.1) is 5.41 Å². The Bertz CT molecular complexity index is 430. The van der Waals surface area contributed by atoms with Gasteiger partial charge in [0.05, 0.1) is 0 Å². The molecule has 0 radical (unpaired) electrons. The maximum atomic E-state index is 5.88. The minimum Gasteiger partial charge on any atom is -0.371 e. The van der Waals surface area contributed by atoms with Crippen LogP contribution in [-0.2, 0) is 4.74 Å². The predicted octanol–water partition coefficient (Wildman–Crippen LogP) is 3.18. The molecule has 2 atom stereocenters. The summed E-state index contributed by atoms with van der Waals surface area (Å²) in [5.74, 6) is 0.971. The Hall–Kier alpha value is -1.35. The van der Waals surface area contributed by atoms with E-state index in [9.17, 15) is 0 Å². The zero-order valence-corrected chi connectivity index (χ0v) is 12.1. The van der Waals surface area contributed by atoms with Crippen LogP contribution < -0.4 is 5.32 Å². The summed E-state index contributed by atoms with van der Waals surface area (Å²) in [6.07, 6.45) is 1.08. The Labute approximate surface area is 116 Å². The summed E-state index contributed by atoms with van der Waals surface area (Å²) in [6.45, 7) is 9.06. The molecule has 1 aliphatic heterocycles. The first-order valence-electron chi connectivity index (χ1n) is 7.13. The maximum Gasteiger partial charge on any atom is 0.139 e. The van der Waals surface area contributed by atoms with Crippen LogP contribution in [0.2, 0.25) is 0 Å². The van der Waals surface area contributed by atoms with E-state index in [1.165, 1.54) is 0 Å². The molecular formula is C16H24N2O. The van der Waals surface area contributed by atoms with Crippen LogP contribution in [0.5, 0.6) is 0 Å². The summed E-state index contributed by atoms with van der Waals surface area (Å²) >= 11 is 0. The van der Waals surface area contributed by atoms with Crippen molar-refractivity contribution in [1.82, 2.24) is 5.32 Å². The van der Waals surface area contributed by atoms with Crippen LogP contribution >= 0.6 is 0 Å². The van der Waals surface area contributed by atoms with E-state index in [4.69, 9.17) is 9.73 Å². The summed E-state index contributed by atoms with van der Waals surface area (Å²) in [5.41, 5.74) is 1.44. The fourth-order valence-corrected chi connectivity index (χ4v) is 2.23. The highest BCUT2D eigenvalue weighted by Crippen LogP contribution is 2.26. The summed E-state index contributed by atoms with van der Waals surface area (Å²) in [7, 11) is 0. The van der Waals surface area contributed by atoms with Gasteiger partial charge < -0.3 is 10.1 Å². The number of nitrogens with zero attached hydrogens (tertiary/aromatic N) is 1. The van der Waals surface area contributed by atoms with E-state index in [2.05, 4.69) is 31.3 Å². The molecule has 3 nitrogen and oxygen atoms in total. The first kappa shape index (κ1) is 14.1. The molecule has 0 amide bonds. The van der Waals surface area contributed by atoms with Crippen LogP contribution in [0.3, 0.4) is 0 Å². The van der Waals surface area contributed by atoms with Crippen LogP contribution in [-0.4, -0.2) is 25.5 Å². The molecule has 1 aliphatic rings. The molecule has 0 aliphatic carbocycles. The Morgan fingerprint density at radius 1 is 1.32 bits per heavy atom. The predicted molar refractivity (Wildman–Crippen MR) is 79.5 cm³/mol. The Morgan fingerprint density at radius 2 is 2.05 bits per heavy atom. The van der Waals surface area contributed by atoms with E-state index < -0.39 is 0 Å². The molecule has 1 heterocycles. The van der Waals surface area contributed by atoms with Crippen LogP contribution in [0.1, 0.15) is 38.9 Å². The van der Waals surface area contributed by atoms with Gasteiger partial charge in [-0.1, -0.05) is 44.2 Å². The van der Waals surface area contributed by atoms with Gasteiger partial charge in [-0.15, -0.1) is 0 Å². The quantitative estimate of drug-likeness (QED) is 0.882. The summed E-state index contributed by atoms with van der Waals surface area (Å²) in [5, 5.41) is 3.47. The number of nitrogens with one attached hydrogen (secondary N) is 1. The number of aliphatic imine (C=N–C) groups is 1. The highest BCUT2D eigenvalue weighted by atomic mass is 16.5. The lowest BCUT2D eigenvalue weighted by molar-refractivity contribution is 0.105. The third kappa shape index (κ3) is 3.35. The lowest BCUT2D eigenvalue weighted by atomic mass is 9.86. The lowest BCUT2D eigenvalue weighted by Gasteiger charge is -2.34. The Balaban J connectivity index is 2.17. The van der Waals surface area contributed by atoms with E-state index in [0.29, 0.717) is 6.61 Å². The molecule has 19 heavy (non-hydrogen) atoms. The first-order chi connectivity index (χ1) is 9.18. The minimum atomic E-state index is -0.0624. The largest absolute Gasteiger partial charge is 0.371 e. The number of benzene rings is 1. The number of amidine groups is 1. The second kappa shape index (κ2) is 6.20. The van der Waals surface area contributed by atoms with Crippen molar-refractivity contribution in [2.75, 3.05) is 19.7 Å². The van der Waals surface area contributed by atoms with Gasteiger partial charge in [-0.2, -0.15) is 0 Å². The molecule has 0 fully saturated rings. The van der Waals surface area contributed by atoms with E-state index in [-0.39, 0.29) is 11.5 Å². The van der Waals surface area contributed by atoms with Crippen molar-refractivity contribution in [3.8, 4) is 0 Å². The maximum absolute atomic E-state index is 5.88. The van der Waals surface area contributed by atoms with Gasteiger partial charge >= 0.3 is 0 Å². The Morgan fingerprint density at radius 3 is 2.58 bits per heavy atom. The van der Waals surface area contributed by atoms with Crippen molar-refractivity contribution < 1.29 is 4.74 Å². The van der Waals surface area contributed by atoms with Crippen molar-refractivity contribution >= 4 is 5.84 Å². The van der Waals surface area contributed by atoms with E-state index >= 15 is 0 Å². The standard InChI is InChI=1S/C16H24N2O/c1-4-16(3)11-17-15(18-12-16)14(19-5-2)13-9-7-6-8-10-13/h6-10,14H,4-5,11-12H2,1-3H3,(H,17,18)/t14-/m1/s1. The fourth-order valence-electron chi connectivity index (χ4n) is 2.23. The second-order valence-corrected chi connectivity index (χ2v) is 5.47. The molecule has 1 N–H and O–H groups in total. The van der Waals surface area contributed by atoms with Gasteiger partial charge in [0.25, 0.3) is 0 Å². The molecule has 1 aromatic rings. The molecule has 0 unspecified atom stereocenters. The molecule has 0 saturated carbocycles. The molecule has 0 saturated heterocycles. The summed E-state index contributed by atoms with van der Waals surface area (Å²) in [6, 6.07) is 10.3. The molecule has 2 rings (SSSR count). The van der Waals surface area contributed by atoms with Crippen molar-refractivity contribution in [3.05, 3.63) is 35.9 Å². The number of hydrogen-bond donors (Lipinski definition) is 1. The lowest BCUT2D eigenvalue weighted by Crippen LogP contribution is -2.45. The average molecular weight is 260 g/mol. The second-order valence-electron chi connectivity index (χ2n) is 5.47. The van der Waals surface area contributed by atoms with Gasteiger partial charge in [0.1, 0.15) is 11.9 Å². The SMILES string of the molecule is CCO[C@@H](C1=NC[C@](C)(CC)CN1)c1ccccc1. The van der Waals surface area contributed by atoms with E-state index in [1.807, 2.05) is 25.1 Å². The molecule has 1 aromatic carbocycles. The normalized spacial score (nSPS) is 24.5. The zero-order chi connectivity index (χ0) is 13.7. The van der Waals surface area contributed by atoms with E-state index in [0.717, 1.165) is 30.9 Å². The molecule has 104 valence electrons. The zero-order valence-electron chi connectivity index (χ0n) is 12.1. The third-order valence-corrected chi connectivity index (χ3v) is 3.86. The van der Waals surface area contributed by atoms with Gasteiger partial charge in [-0.05, 0) is 18.9 Å². The van der Waals surface area contributed by atoms with Crippen molar-refractivity contribution in [2.24, 2.45) is 10.4 Å². The highest BCUT2D eigenvalue weighted by molar-refractivity contribution is 5.88. The molecule has 0 bridgehead atoms. The van der Waals surface area contributed by atoms with Crippen molar-refractivity contribution in [2.45, 2.75) is 33.3 Å².